The predicted molar refractivity (Wildman–Crippen MR) is 132 cm³/mol. The number of para-hydroxylation sites is 1. The number of rotatable bonds is 8. The van der Waals surface area contributed by atoms with Gasteiger partial charge in [-0.2, -0.15) is 13.2 Å². The molecular formula is C27H26F3N3O4. The summed E-state index contributed by atoms with van der Waals surface area (Å²) in [7, 11) is 1.50. The fourth-order valence-corrected chi connectivity index (χ4v) is 4.01. The molecule has 1 aliphatic heterocycles. The Kier molecular flexibility index (Phi) is 7.68. The van der Waals surface area contributed by atoms with Crippen molar-refractivity contribution in [1.82, 2.24) is 10.6 Å². The van der Waals surface area contributed by atoms with Gasteiger partial charge in [-0.05, 0) is 48.0 Å². The Labute approximate surface area is 212 Å². The quantitative estimate of drug-likeness (QED) is 0.408. The second-order valence-corrected chi connectivity index (χ2v) is 8.62. The molecule has 1 aliphatic rings. The van der Waals surface area contributed by atoms with Gasteiger partial charge in [0.05, 0.1) is 25.0 Å². The van der Waals surface area contributed by atoms with Gasteiger partial charge in [0.1, 0.15) is 11.3 Å². The third-order valence-corrected chi connectivity index (χ3v) is 6.06. The third-order valence-electron chi connectivity index (χ3n) is 6.06. The van der Waals surface area contributed by atoms with Crippen molar-refractivity contribution in [3.05, 3.63) is 89.5 Å². The first-order valence-electron chi connectivity index (χ1n) is 11.5. The molecule has 1 heterocycles. The molecule has 0 radical (unpaired) electrons. The van der Waals surface area contributed by atoms with E-state index in [-0.39, 0.29) is 24.7 Å². The van der Waals surface area contributed by atoms with E-state index in [0.29, 0.717) is 30.0 Å². The molecular weight excluding hydrogens is 487 g/mol. The molecule has 10 heteroatoms. The number of alkyl halides is 3. The van der Waals surface area contributed by atoms with Crippen LogP contribution in [-0.4, -0.2) is 37.7 Å². The Morgan fingerprint density at radius 2 is 1.78 bits per heavy atom. The van der Waals surface area contributed by atoms with E-state index in [9.17, 15) is 22.8 Å². The van der Waals surface area contributed by atoms with Crippen LogP contribution in [0, 0.1) is 0 Å². The molecule has 0 aromatic heterocycles. The van der Waals surface area contributed by atoms with Crippen LogP contribution in [0.15, 0.2) is 72.8 Å². The zero-order chi connectivity index (χ0) is 26.5. The van der Waals surface area contributed by atoms with Gasteiger partial charge < -0.3 is 25.4 Å². The minimum absolute atomic E-state index is 0.0377. The van der Waals surface area contributed by atoms with E-state index < -0.39 is 23.2 Å². The zero-order valence-corrected chi connectivity index (χ0v) is 20.0. The van der Waals surface area contributed by atoms with Crippen LogP contribution >= 0.6 is 0 Å². The molecule has 1 fully saturated rings. The first kappa shape index (κ1) is 26.0. The largest absolute Gasteiger partial charge is 0.497 e. The lowest BCUT2D eigenvalue weighted by atomic mass is 9.96. The summed E-state index contributed by atoms with van der Waals surface area (Å²) in [4.78, 5) is 26.0. The van der Waals surface area contributed by atoms with Crippen LogP contribution in [0.2, 0.25) is 0 Å². The minimum atomic E-state index is -4.48. The average Bonchev–Trinajstić information content (AvgIpc) is 3.37. The Morgan fingerprint density at radius 3 is 2.46 bits per heavy atom. The van der Waals surface area contributed by atoms with Crippen LogP contribution in [0.4, 0.5) is 24.5 Å². The summed E-state index contributed by atoms with van der Waals surface area (Å²) in [6.07, 6.45) is -4.16. The van der Waals surface area contributed by atoms with Crippen molar-refractivity contribution >= 4 is 23.2 Å². The van der Waals surface area contributed by atoms with Crippen LogP contribution in [0.1, 0.15) is 27.9 Å². The molecule has 1 atom stereocenters. The van der Waals surface area contributed by atoms with E-state index in [4.69, 9.17) is 9.47 Å². The number of hydrogen-bond acceptors (Lipinski definition) is 5. The number of halogens is 3. The third kappa shape index (κ3) is 6.21. The summed E-state index contributed by atoms with van der Waals surface area (Å²) in [5.41, 5.74) is -0.469. The van der Waals surface area contributed by atoms with E-state index in [1.54, 1.807) is 48.5 Å². The lowest BCUT2D eigenvalue weighted by molar-refractivity contribution is -0.137. The van der Waals surface area contributed by atoms with E-state index in [0.717, 1.165) is 11.6 Å². The molecule has 3 aromatic rings. The zero-order valence-electron chi connectivity index (χ0n) is 20.0. The maximum absolute atomic E-state index is 13.2. The summed E-state index contributed by atoms with van der Waals surface area (Å²) >= 11 is 0. The van der Waals surface area contributed by atoms with Gasteiger partial charge in [0, 0.05) is 30.8 Å². The summed E-state index contributed by atoms with van der Waals surface area (Å²) in [5, 5.41) is 8.44. The number of methoxy groups -OCH3 is 1. The van der Waals surface area contributed by atoms with Crippen molar-refractivity contribution in [2.75, 3.05) is 25.6 Å². The molecule has 37 heavy (non-hydrogen) atoms. The van der Waals surface area contributed by atoms with Gasteiger partial charge in [-0.15, -0.1) is 0 Å². The highest BCUT2D eigenvalue weighted by Gasteiger charge is 2.43. The summed E-state index contributed by atoms with van der Waals surface area (Å²) in [6, 6.07) is 18.5. The number of anilines is 2. The number of carbonyl (C=O) groups excluding carboxylic acids is 2. The molecule has 0 saturated carbocycles. The molecule has 7 nitrogen and oxygen atoms in total. The second kappa shape index (κ2) is 10.9. The van der Waals surface area contributed by atoms with Crippen LogP contribution in [-0.2, 0) is 22.3 Å². The maximum atomic E-state index is 13.2. The molecule has 1 unspecified atom stereocenters. The molecule has 3 N–H and O–H groups in total. The van der Waals surface area contributed by atoms with Crippen LogP contribution in [0.5, 0.6) is 5.75 Å². The highest BCUT2D eigenvalue weighted by Crippen LogP contribution is 2.35. The molecule has 3 aromatic carbocycles. The van der Waals surface area contributed by atoms with Crippen molar-refractivity contribution in [3.8, 4) is 5.75 Å². The van der Waals surface area contributed by atoms with Gasteiger partial charge in [-0.3, -0.25) is 9.59 Å². The first-order chi connectivity index (χ1) is 17.7. The molecule has 0 aliphatic carbocycles. The molecule has 1 saturated heterocycles. The fraction of sp³-hybridized carbons (Fsp3) is 0.259. The normalized spacial score (nSPS) is 17.2. The number of benzene rings is 3. The summed E-state index contributed by atoms with van der Waals surface area (Å²) in [5.74, 6) is -0.287. The van der Waals surface area contributed by atoms with Crippen molar-refractivity contribution in [2.24, 2.45) is 0 Å². The van der Waals surface area contributed by atoms with Gasteiger partial charge in [-0.1, -0.05) is 30.3 Å². The van der Waals surface area contributed by atoms with Crippen molar-refractivity contribution in [3.63, 3.8) is 0 Å². The van der Waals surface area contributed by atoms with Crippen molar-refractivity contribution in [1.29, 1.82) is 0 Å². The smallest absolute Gasteiger partial charge is 0.418 e. The Bertz CT molecular complexity index is 1260. The monoisotopic (exact) mass is 513 g/mol. The van der Waals surface area contributed by atoms with Gasteiger partial charge in [0.25, 0.3) is 5.91 Å². The number of ether oxygens (including phenoxy) is 2. The SMILES string of the molecule is COc1cccc(C(=O)NC2(C(=O)NCc3ccc(Nc4ccccc4C(F)(F)F)cc3)CCOC2)c1. The Morgan fingerprint density at radius 1 is 1.03 bits per heavy atom. The minimum Gasteiger partial charge on any atom is -0.497 e. The summed E-state index contributed by atoms with van der Waals surface area (Å²) in [6.45, 7) is 0.524. The first-order valence-corrected chi connectivity index (χ1v) is 11.5. The Balaban J connectivity index is 1.39. The van der Waals surface area contributed by atoms with Gasteiger partial charge in [0.15, 0.2) is 0 Å². The molecule has 0 bridgehead atoms. The second-order valence-electron chi connectivity index (χ2n) is 8.62. The standard InChI is InChI=1S/C27H26F3N3O4/c1-36-21-6-4-5-19(15-21)24(34)33-26(13-14-37-17-26)25(35)31-16-18-9-11-20(12-10-18)32-23-8-3-2-7-22(23)27(28,29)30/h2-12,15,32H,13-14,16-17H2,1H3,(H,31,35)(H,33,34). The van der Waals surface area contributed by atoms with E-state index >= 15 is 0 Å². The average molecular weight is 514 g/mol. The van der Waals surface area contributed by atoms with Gasteiger partial charge in [-0.25, -0.2) is 0 Å². The van der Waals surface area contributed by atoms with Crippen LogP contribution in [0.3, 0.4) is 0 Å². The molecule has 2 amide bonds. The van der Waals surface area contributed by atoms with E-state index in [2.05, 4.69) is 16.0 Å². The topological polar surface area (TPSA) is 88.7 Å². The molecule has 4 rings (SSSR count). The fourth-order valence-electron chi connectivity index (χ4n) is 4.01. The number of nitrogens with one attached hydrogen (secondary N) is 3. The number of amides is 2. The van der Waals surface area contributed by atoms with Gasteiger partial charge >= 0.3 is 6.18 Å². The van der Waals surface area contributed by atoms with Crippen molar-refractivity contribution in [2.45, 2.75) is 24.7 Å². The van der Waals surface area contributed by atoms with E-state index in [1.165, 1.54) is 25.3 Å². The van der Waals surface area contributed by atoms with Crippen molar-refractivity contribution < 1.29 is 32.2 Å². The van der Waals surface area contributed by atoms with Gasteiger partial charge in [0.2, 0.25) is 5.91 Å². The highest BCUT2D eigenvalue weighted by atomic mass is 19.4. The number of carbonyl (C=O) groups is 2. The lowest BCUT2D eigenvalue weighted by Gasteiger charge is -2.27. The maximum Gasteiger partial charge on any atom is 0.418 e. The predicted octanol–water partition coefficient (Wildman–Crippen LogP) is 4.66. The summed E-state index contributed by atoms with van der Waals surface area (Å²) < 4.78 is 50.3. The van der Waals surface area contributed by atoms with Crippen LogP contribution in [0.25, 0.3) is 0 Å². The molecule has 194 valence electrons. The Hall–Kier alpha value is -4.05. The van der Waals surface area contributed by atoms with E-state index in [1.807, 2.05) is 0 Å². The van der Waals surface area contributed by atoms with Crippen LogP contribution < -0.4 is 20.7 Å². The molecule has 0 spiro atoms. The number of hydrogen-bond donors (Lipinski definition) is 3. The lowest BCUT2D eigenvalue weighted by Crippen LogP contribution is -2.59. The highest BCUT2D eigenvalue weighted by molar-refractivity contribution is 5.99.